The SMILES string of the molecule is CN1CCC(OC(=O)COC(=O)c2ccccc2Nc2ccnc3c(C(F)(F)F)cccc23)(c2ccccc2)CC1. The molecule has 7 nitrogen and oxygen atoms in total. The van der Waals surface area contributed by atoms with Crippen molar-refractivity contribution in [3.8, 4) is 0 Å². The van der Waals surface area contributed by atoms with Crippen LogP contribution in [-0.2, 0) is 26.0 Å². The van der Waals surface area contributed by atoms with Crippen molar-refractivity contribution in [3.63, 3.8) is 0 Å². The molecule has 0 spiro atoms. The Bertz CT molecular complexity index is 1550. The van der Waals surface area contributed by atoms with Crippen molar-refractivity contribution in [2.75, 3.05) is 32.1 Å². The van der Waals surface area contributed by atoms with E-state index in [4.69, 9.17) is 9.47 Å². The number of halogens is 3. The maximum Gasteiger partial charge on any atom is 0.418 e. The molecule has 0 amide bonds. The van der Waals surface area contributed by atoms with Crippen molar-refractivity contribution < 1.29 is 32.2 Å². The molecule has 5 rings (SSSR count). The van der Waals surface area contributed by atoms with Gasteiger partial charge in [-0.15, -0.1) is 0 Å². The molecule has 1 aliphatic heterocycles. The summed E-state index contributed by atoms with van der Waals surface area (Å²) < 4.78 is 51.9. The number of nitrogens with zero attached hydrogens (tertiary/aromatic N) is 2. The van der Waals surface area contributed by atoms with Gasteiger partial charge in [0, 0.05) is 43.2 Å². The molecule has 3 aromatic carbocycles. The summed E-state index contributed by atoms with van der Waals surface area (Å²) in [5, 5.41) is 3.27. The Labute approximate surface area is 234 Å². The molecule has 212 valence electrons. The van der Waals surface area contributed by atoms with E-state index in [1.54, 1.807) is 18.2 Å². The number of esters is 2. The van der Waals surface area contributed by atoms with Crippen LogP contribution in [0.25, 0.3) is 10.9 Å². The molecular weight excluding hydrogens is 535 g/mol. The fourth-order valence-corrected chi connectivity index (χ4v) is 5.05. The third-order valence-corrected chi connectivity index (χ3v) is 7.22. The summed E-state index contributed by atoms with van der Waals surface area (Å²) in [7, 11) is 2.01. The summed E-state index contributed by atoms with van der Waals surface area (Å²) in [5.41, 5.74) is -0.264. The van der Waals surface area contributed by atoms with Crippen molar-refractivity contribution in [1.29, 1.82) is 0 Å². The molecule has 10 heteroatoms. The number of piperidine rings is 1. The second-order valence-corrected chi connectivity index (χ2v) is 9.94. The van der Waals surface area contributed by atoms with E-state index in [2.05, 4.69) is 15.2 Å². The number of carbonyl (C=O) groups excluding carboxylic acids is 2. The minimum Gasteiger partial charge on any atom is -0.452 e. The third kappa shape index (κ3) is 6.17. The van der Waals surface area contributed by atoms with Gasteiger partial charge in [-0.05, 0) is 36.9 Å². The first-order valence-corrected chi connectivity index (χ1v) is 13.1. The Kier molecular flexibility index (Phi) is 7.94. The van der Waals surface area contributed by atoms with Crippen LogP contribution < -0.4 is 5.32 Å². The number of likely N-dealkylation sites (tertiary alicyclic amines) is 1. The highest BCUT2D eigenvalue weighted by Crippen LogP contribution is 2.38. The van der Waals surface area contributed by atoms with Gasteiger partial charge in [-0.3, -0.25) is 4.98 Å². The molecule has 0 radical (unpaired) electrons. The first kappa shape index (κ1) is 28.1. The zero-order valence-electron chi connectivity index (χ0n) is 22.3. The summed E-state index contributed by atoms with van der Waals surface area (Å²) in [4.78, 5) is 32.1. The van der Waals surface area contributed by atoms with Crippen LogP contribution in [0.15, 0.2) is 85.1 Å². The van der Waals surface area contributed by atoms with Crippen molar-refractivity contribution >= 4 is 34.2 Å². The minimum absolute atomic E-state index is 0.106. The molecule has 41 heavy (non-hydrogen) atoms. The summed E-state index contributed by atoms with van der Waals surface area (Å²) in [6.45, 7) is 0.898. The second-order valence-electron chi connectivity index (χ2n) is 9.94. The van der Waals surface area contributed by atoms with Crippen molar-refractivity contribution in [2.45, 2.75) is 24.6 Å². The number of alkyl halides is 3. The number of ether oxygens (including phenoxy) is 2. The van der Waals surface area contributed by atoms with Crippen LogP contribution >= 0.6 is 0 Å². The molecule has 2 heterocycles. The van der Waals surface area contributed by atoms with E-state index in [1.807, 2.05) is 37.4 Å². The third-order valence-electron chi connectivity index (χ3n) is 7.22. The van der Waals surface area contributed by atoms with Gasteiger partial charge in [0.05, 0.1) is 22.3 Å². The van der Waals surface area contributed by atoms with Crippen LogP contribution in [0.4, 0.5) is 24.5 Å². The first-order chi connectivity index (χ1) is 19.7. The van der Waals surface area contributed by atoms with Crippen LogP contribution in [0, 0.1) is 0 Å². The fraction of sp³-hybridized carbons (Fsp3) is 0.258. The van der Waals surface area contributed by atoms with E-state index >= 15 is 0 Å². The average Bonchev–Trinajstić information content (AvgIpc) is 2.97. The number of rotatable bonds is 7. The van der Waals surface area contributed by atoms with Crippen LogP contribution in [0.1, 0.15) is 34.3 Å². The number of pyridine rings is 1. The zero-order chi connectivity index (χ0) is 29.0. The van der Waals surface area contributed by atoms with Gasteiger partial charge in [0.2, 0.25) is 0 Å². The van der Waals surface area contributed by atoms with Crippen molar-refractivity contribution in [3.05, 3.63) is 102 Å². The van der Waals surface area contributed by atoms with Gasteiger partial charge in [-0.1, -0.05) is 54.6 Å². The fourth-order valence-electron chi connectivity index (χ4n) is 5.05. The number of aromatic nitrogens is 1. The molecular formula is C31H28F3N3O4. The maximum atomic E-state index is 13.5. The predicted octanol–water partition coefficient (Wildman–Crippen LogP) is 6.32. The number of anilines is 2. The highest BCUT2D eigenvalue weighted by atomic mass is 19.4. The van der Waals surface area contributed by atoms with Crippen molar-refractivity contribution in [1.82, 2.24) is 9.88 Å². The highest BCUT2D eigenvalue weighted by Gasteiger charge is 2.39. The van der Waals surface area contributed by atoms with Gasteiger partial charge in [-0.25, -0.2) is 9.59 Å². The summed E-state index contributed by atoms with van der Waals surface area (Å²) in [5.74, 6) is -1.45. The molecule has 1 aromatic heterocycles. The Morgan fingerprint density at radius 1 is 0.927 bits per heavy atom. The lowest BCUT2D eigenvalue weighted by atomic mass is 9.84. The van der Waals surface area contributed by atoms with Gasteiger partial charge in [-0.2, -0.15) is 13.2 Å². The van der Waals surface area contributed by atoms with Gasteiger partial charge in [0.1, 0.15) is 5.60 Å². The first-order valence-electron chi connectivity index (χ1n) is 13.1. The van der Waals surface area contributed by atoms with Crippen LogP contribution in [0.3, 0.4) is 0 Å². The molecule has 1 fully saturated rings. The standard InChI is InChI=1S/C31H28F3N3O4/c1-37-18-15-30(16-19-37,21-8-3-2-4-9-21)41-27(38)20-40-29(39)23-10-5-6-13-25(23)36-26-14-17-35-28-22(26)11-7-12-24(28)31(32,33)34/h2-14,17H,15-16,18-20H2,1H3,(H,35,36). The average molecular weight is 564 g/mol. The van der Waals surface area contributed by atoms with Gasteiger partial charge in [0.25, 0.3) is 0 Å². The topological polar surface area (TPSA) is 80.8 Å². The lowest BCUT2D eigenvalue weighted by Crippen LogP contribution is -2.44. The Hall–Kier alpha value is -4.44. The quantitative estimate of drug-likeness (QED) is 0.264. The minimum atomic E-state index is -4.58. The molecule has 0 unspecified atom stereocenters. The highest BCUT2D eigenvalue weighted by molar-refractivity contribution is 6.00. The van der Waals surface area contributed by atoms with E-state index in [9.17, 15) is 22.8 Å². The second kappa shape index (κ2) is 11.6. The van der Waals surface area contributed by atoms with E-state index in [-0.39, 0.29) is 16.5 Å². The molecule has 1 N–H and O–H groups in total. The molecule has 1 saturated heterocycles. The van der Waals surface area contributed by atoms with Gasteiger partial charge >= 0.3 is 18.1 Å². The van der Waals surface area contributed by atoms with Crippen LogP contribution in [0.5, 0.6) is 0 Å². The smallest absolute Gasteiger partial charge is 0.418 e. The molecule has 0 saturated carbocycles. The monoisotopic (exact) mass is 563 g/mol. The van der Waals surface area contributed by atoms with E-state index in [0.717, 1.165) is 24.7 Å². The summed E-state index contributed by atoms with van der Waals surface area (Å²) >= 11 is 0. The number of benzene rings is 3. The van der Waals surface area contributed by atoms with E-state index in [1.165, 1.54) is 30.5 Å². The number of nitrogens with one attached hydrogen (secondary N) is 1. The molecule has 1 aliphatic rings. The molecule has 0 bridgehead atoms. The van der Waals surface area contributed by atoms with E-state index in [0.29, 0.717) is 24.2 Å². The number of para-hydroxylation sites is 2. The number of hydrogen-bond acceptors (Lipinski definition) is 7. The molecule has 0 aliphatic carbocycles. The normalized spacial score (nSPS) is 15.3. The van der Waals surface area contributed by atoms with E-state index < -0.39 is 35.9 Å². The van der Waals surface area contributed by atoms with Crippen molar-refractivity contribution in [2.24, 2.45) is 0 Å². The Morgan fingerprint density at radius 2 is 1.63 bits per heavy atom. The number of hydrogen-bond donors (Lipinski definition) is 1. The predicted molar refractivity (Wildman–Crippen MR) is 148 cm³/mol. The molecule has 0 atom stereocenters. The number of carbonyl (C=O) groups is 2. The van der Waals surface area contributed by atoms with Gasteiger partial charge < -0.3 is 19.7 Å². The van der Waals surface area contributed by atoms with Gasteiger partial charge in [0.15, 0.2) is 6.61 Å². The number of fused-ring (bicyclic) bond motifs is 1. The Balaban J connectivity index is 1.31. The van der Waals surface area contributed by atoms with Crippen LogP contribution in [0.2, 0.25) is 0 Å². The molecule has 4 aromatic rings. The zero-order valence-corrected chi connectivity index (χ0v) is 22.3. The lowest BCUT2D eigenvalue weighted by Gasteiger charge is -2.40. The lowest BCUT2D eigenvalue weighted by molar-refractivity contribution is -0.170. The summed E-state index contributed by atoms with van der Waals surface area (Å²) in [6, 6.07) is 21.2. The van der Waals surface area contributed by atoms with Crippen LogP contribution in [-0.4, -0.2) is 48.6 Å². The summed E-state index contributed by atoms with van der Waals surface area (Å²) in [6.07, 6.45) is -2.09. The Morgan fingerprint density at radius 3 is 2.37 bits per heavy atom. The largest absolute Gasteiger partial charge is 0.452 e. The maximum absolute atomic E-state index is 13.5.